The van der Waals surface area contributed by atoms with E-state index in [1.165, 1.54) is 102 Å². The van der Waals surface area contributed by atoms with Crippen molar-refractivity contribution >= 4 is 23.1 Å². The third kappa shape index (κ3) is 12.8. The molecule has 0 aromatic rings. The molecule has 466 valence electrons. The number of allylic oxidation sites excluding steroid dienone is 2. The number of hydrogen-bond acceptors (Lipinski definition) is 9. The number of fused-ring (bicyclic) bond motifs is 14. The van der Waals surface area contributed by atoms with E-state index in [-0.39, 0.29) is 40.7 Å². The Morgan fingerprint density at radius 1 is 0.573 bits per heavy atom. The first-order valence-electron chi connectivity index (χ1n) is 34.9. The normalized spacial score (nSPS) is 44.7. The highest BCUT2D eigenvalue weighted by Crippen LogP contribution is 2.72. The molecule has 0 radical (unpaired) electrons. The zero-order valence-corrected chi connectivity index (χ0v) is 54.3. The zero-order valence-electron chi connectivity index (χ0n) is 53.6. The van der Waals surface area contributed by atoms with E-state index in [9.17, 15) is 9.59 Å². The Morgan fingerprint density at radius 2 is 1.07 bits per heavy atom. The summed E-state index contributed by atoms with van der Waals surface area (Å²) in [7, 11) is 0. The quantitative estimate of drug-likeness (QED) is 0.0975. The Hall–Kier alpha value is -1.69. The molecule has 4 aliphatic heterocycles. The van der Waals surface area contributed by atoms with Crippen molar-refractivity contribution in [3.8, 4) is 0 Å². The maximum atomic E-state index is 13.4. The molecule has 10 nitrogen and oxygen atoms in total. The summed E-state index contributed by atoms with van der Waals surface area (Å²) in [5.41, 5.74) is 3.72. The van der Waals surface area contributed by atoms with Crippen LogP contribution in [0.25, 0.3) is 0 Å². The largest absolute Gasteiger partial charge is 0.450 e. The highest BCUT2D eigenvalue weighted by molar-refractivity contribution is 6.61. The first-order valence-corrected chi connectivity index (χ1v) is 35.3. The van der Waals surface area contributed by atoms with E-state index in [4.69, 9.17) is 40.0 Å². The molecule has 4 saturated heterocycles. The van der Waals surface area contributed by atoms with Crippen molar-refractivity contribution in [2.75, 3.05) is 39.4 Å². The summed E-state index contributed by atoms with van der Waals surface area (Å²) in [6, 6.07) is 0. The van der Waals surface area contributed by atoms with Crippen molar-refractivity contribution in [1.29, 1.82) is 0 Å². The van der Waals surface area contributed by atoms with Crippen molar-refractivity contribution in [2.24, 2.45) is 80.8 Å². The van der Waals surface area contributed by atoms with Gasteiger partial charge in [0.05, 0.1) is 25.4 Å². The Bertz CT molecular complexity index is 2200. The van der Waals surface area contributed by atoms with E-state index in [1.807, 2.05) is 4.90 Å². The second kappa shape index (κ2) is 26.6. The number of nitrogens with zero attached hydrogens (tertiary/aromatic N) is 1. The Kier molecular flexibility index (Phi) is 20.5. The van der Waals surface area contributed by atoms with Crippen LogP contribution in [0.5, 0.6) is 0 Å². The summed E-state index contributed by atoms with van der Waals surface area (Å²) in [6.07, 6.45) is 39.6. The maximum Gasteiger partial charge on any atom is 0.410 e. The Labute approximate surface area is 503 Å². The van der Waals surface area contributed by atoms with Crippen LogP contribution in [0.4, 0.5) is 9.59 Å². The van der Waals surface area contributed by atoms with Gasteiger partial charge in [-0.1, -0.05) is 125 Å². The summed E-state index contributed by atoms with van der Waals surface area (Å²) in [4.78, 5) is 26.7. The Balaban J connectivity index is 0.000000177. The summed E-state index contributed by atoms with van der Waals surface area (Å²) < 4.78 is 38.1. The van der Waals surface area contributed by atoms with Gasteiger partial charge in [-0.15, -0.1) is 0 Å². The van der Waals surface area contributed by atoms with Gasteiger partial charge in [0.15, 0.2) is 11.6 Å². The topological polar surface area (TPSA) is 105 Å². The number of nitrogens with one attached hydrogen (secondary N) is 1. The molecule has 20 atom stereocenters. The molecule has 8 aliphatic carbocycles. The van der Waals surface area contributed by atoms with Crippen molar-refractivity contribution in [3.63, 3.8) is 0 Å². The minimum atomic E-state index is -0.659. The van der Waals surface area contributed by atoms with E-state index in [0.29, 0.717) is 46.7 Å². The first kappa shape index (κ1) is 63.3. The lowest BCUT2D eigenvalue weighted by Gasteiger charge is -2.58. The van der Waals surface area contributed by atoms with Crippen molar-refractivity contribution in [1.82, 2.24) is 10.2 Å². The minimum Gasteiger partial charge on any atom is -0.450 e. The number of carbonyl (C=O) groups is 2. The molecule has 0 bridgehead atoms. The van der Waals surface area contributed by atoms with Gasteiger partial charge in [-0.2, -0.15) is 0 Å². The molecule has 0 aromatic heterocycles. The number of unbranched alkanes of at least 4 members (excludes halogenated alkanes) is 5. The first-order chi connectivity index (χ1) is 39.3. The molecule has 0 unspecified atom stereocenters. The number of rotatable bonds is 15. The molecule has 2 spiro atoms. The monoisotopic (exact) mass is 1160 g/mol. The standard InChI is InChI=1S/C39H66N2O4.C27H39ClO4.C5H12/c1-6-8-22-41(23-11-9-10-21-40-20-7-2)36(42)44-30-15-17-37(4)29(24-30)12-13-31-32(37)16-18-38(5)33(31)25-35-34(38)26-39(45-35)19-14-28(3)27-43-39;1-16-6-11-27(30-15-16)14-22-23(32-27)13-21-19-5-4-17-12-18(31-24(28)29)7-9-25(17,2)20(19)8-10-26(21,22)3;1-3-5-4-2/h12,28,30-35,40H,6-11,13-27H2,1-5H3;4,16,18-23H,5-15H2,1-3H3;3-5H2,1-2H3/t28-,30+,31-,32+,33+,34+,35+,37+,38+,39-;16-,18+,19-,20+,21+,22+,23+,25+,26+,27-;/m11./s1. The van der Waals surface area contributed by atoms with Gasteiger partial charge in [0, 0.05) is 63.2 Å². The van der Waals surface area contributed by atoms with Gasteiger partial charge in [0.1, 0.15) is 12.2 Å². The van der Waals surface area contributed by atoms with Gasteiger partial charge in [-0.3, -0.25) is 0 Å². The van der Waals surface area contributed by atoms with Crippen LogP contribution in [0.1, 0.15) is 255 Å². The smallest absolute Gasteiger partial charge is 0.410 e. The average Bonchev–Trinajstić information content (AvgIpc) is 2.23. The van der Waals surface area contributed by atoms with E-state index in [0.717, 1.165) is 165 Å². The van der Waals surface area contributed by atoms with Gasteiger partial charge in [-0.25, -0.2) is 9.59 Å². The molecule has 12 aliphatic rings. The van der Waals surface area contributed by atoms with Gasteiger partial charge >= 0.3 is 11.5 Å². The van der Waals surface area contributed by atoms with E-state index < -0.39 is 5.43 Å². The number of amides is 1. The second-order valence-corrected chi connectivity index (χ2v) is 31.0. The van der Waals surface area contributed by atoms with Crippen LogP contribution in [-0.2, 0) is 28.4 Å². The van der Waals surface area contributed by atoms with Crippen LogP contribution in [0.2, 0.25) is 0 Å². The minimum absolute atomic E-state index is 0.0261. The molecular weight excluding hydrogens is 1040 g/mol. The van der Waals surface area contributed by atoms with E-state index in [1.54, 1.807) is 5.57 Å². The molecule has 12 rings (SSSR count). The van der Waals surface area contributed by atoms with Gasteiger partial charge in [-0.05, 0) is 210 Å². The Morgan fingerprint density at radius 3 is 1.52 bits per heavy atom. The van der Waals surface area contributed by atoms with Crippen LogP contribution >= 0.6 is 11.6 Å². The number of ether oxygens (including phenoxy) is 6. The zero-order chi connectivity index (χ0) is 58.1. The van der Waals surface area contributed by atoms with Crippen molar-refractivity contribution in [3.05, 3.63) is 23.3 Å². The molecular formula is C71H117ClN2O8. The predicted octanol–water partition coefficient (Wildman–Crippen LogP) is 17.9. The molecule has 4 heterocycles. The van der Waals surface area contributed by atoms with E-state index in [2.05, 4.69) is 86.7 Å². The SMILES string of the molecule is CCCCC.CCCCN(CCCCCNCCC)C(=O)O[C@H]1CC[C@@]2(C)C(=CC[C@H]3[C@@H]4C[C@@H]5O[C@]6(CC[C@@H](C)CO6)C[C@@H]5[C@@]4(C)CC[C@@H]32)C1.C[C@@H]1CC[C@@]2(C[C@H]3[C@H](C[C@H]4[C@@H]5CC=C6C[C@@H](OC(=O)Cl)CC[C@]6(C)[C@H]5CC[C@@]43C)O2)OC1. The molecule has 10 fully saturated rings. The fourth-order valence-electron chi connectivity index (χ4n) is 20.7. The average molecular weight is 1160 g/mol. The second-order valence-electron chi connectivity index (χ2n) is 30.7. The van der Waals surface area contributed by atoms with Gasteiger partial charge in [0.2, 0.25) is 0 Å². The lowest BCUT2D eigenvalue weighted by molar-refractivity contribution is -0.256. The molecule has 1 N–H and O–H groups in total. The van der Waals surface area contributed by atoms with Crippen molar-refractivity contribution < 1.29 is 38.0 Å². The summed E-state index contributed by atoms with van der Waals surface area (Å²) in [5.74, 6) is 6.58. The lowest BCUT2D eigenvalue weighted by Crippen LogP contribution is -2.51. The highest BCUT2D eigenvalue weighted by Gasteiger charge is 2.68. The number of halogens is 1. The number of hydrogen-bond donors (Lipinski definition) is 1. The third-order valence-electron chi connectivity index (χ3n) is 25.6. The van der Waals surface area contributed by atoms with Crippen LogP contribution in [-0.4, -0.2) is 91.8 Å². The highest BCUT2D eigenvalue weighted by atomic mass is 35.5. The van der Waals surface area contributed by atoms with Gasteiger partial charge < -0.3 is 38.6 Å². The molecule has 11 heteroatoms. The summed E-state index contributed by atoms with van der Waals surface area (Å²) in [6.45, 7) is 29.2. The van der Waals surface area contributed by atoms with Crippen LogP contribution in [0.3, 0.4) is 0 Å². The van der Waals surface area contributed by atoms with Gasteiger partial charge in [0.25, 0.3) is 0 Å². The lowest BCUT2D eigenvalue weighted by atomic mass is 9.47. The fourth-order valence-corrected chi connectivity index (χ4v) is 20.8. The molecule has 0 aromatic carbocycles. The fraction of sp³-hybridized carbons (Fsp3) is 0.915. The number of carbonyl (C=O) groups excluding carboxylic acids is 2. The molecule has 82 heavy (non-hydrogen) atoms. The maximum absolute atomic E-state index is 13.4. The van der Waals surface area contributed by atoms with Crippen molar-refractivity contribution in [2.45, 2.75) is 291 Å². The summed E-state index contributed by atoms with van der Waals surface area (Å²) in [5, 5.41) is 3.49. The van der Waals surface area contributed by atoms with E-state index >= 15 is 0 Å². The predicted molar refractivity (Wildman–Crippen MR) is 329 cm³/mol. The third-order valence-corrected chi connectivity index (χ3v) is 25.7. The summed E-state index contributed by atoms with van der Waals surface area (Å²) >= 11 is 5.51. The van der Waals surface area contributed by atoms with Crippen LogP contribution in [0.15, 0.2) is 23.3 Å². The van der Waals surface area contributed by atoms with Crippen LogP contribution in [0, 0.1) is 80.8 Å². The molecule has 6 saturated carbocycles. The molecule has 1 amide bonds. The van der Waals surface area contributed by atoms with Crippen LogP contribution < -0.4 is 5.32 Å².